The van der Waals surface area contributed by atoms with Crippen LogP contribution in [-0.2, 0) is 13.5 Å². The van der Waals surface area contributed by atoms with Gasteiger partial charge in [0.25, 0.3) is 0 Å². The summed E-state index contributed by atoms with van der Waals surface area (Å²) in [6.07, 6.45) is 5.70. The van der Waals surface area contributed by atoms with Gasteiger partial charge in [-0.15, -0.1) is 0 Å². The molecule has 32 heavy (non-hydrogen) atoms. The first kappa shape index (κ1) is 20.3. The summed E-state index contributed by atoms with van der Waals surface area (Å²) in [7, 11) is 3.92. The molecule has 5 rings (SSSR count). The molecule has 0 radical (unpaired) electrons. The maximum atomic E-state index is 5.34. The van der Waals surface area contributed by atoms with Crippen molar-refractivity contribution in [1.82, 2.24) is 0 Å². The summed E-state index contributed by atoms with van der Waals surface area (Å²) < 4.78 is 7.73. The Kier molecular flexibility index (Phi) is 5.60. The molecule has 0 atom stereocenters. The van der Waals surface area contributed by atoms with Crippen LogP contribution < -0.4 is 9.30 Å². The predicted octanol–water partition coefficient (Wildman–Crippen LogP) is 6.73. The number of ether oxygens (including phenoxy) is 1. The van der Waals surface area contributed by atoms with E-state index < -0.39 is 0 Å². The minimum atomic E-state index is 0.888. The van der Waals surface area contributed by atoms with Crippen molar-refractivity contribution in [3.8, 4) is 28.1 Å². The van der Waals surface area contributed by atoms with E-state index in [0.29, 0.717) is 0 Å². The van der Waals surface area contributed by atoms with Crippen molar-refractivity contribution >= 4 is 11.6 Å². The lowest BCUT2D eigenvalue weighted by molar-refractivity contribution is -0.663. The molecule has 3 aromatic carbocycles. The van der Waals surface area contributed by atoms with Crippen LogP contribution in [-0.4, -0.2) is 7.11 Å². The van der Waals surface area contributed by atoms with Crippen molar-refractivity contribution in [1.29, 1.82) is 0 Å². The van der Waals surface area contributed by atoms with Crippen LogP contribution in [0.25, 0.3) is 34.0 Å². The zero-order valence-electron chi connectivity index (χ0n) is 18.7. The third-order valence-corrected chi connectivity index (χ3v) is 6.38. The molecule has 4 aromatic rings. The predicted molar refractivity (Wildman–Crippen MR) is 132 cm³/mol. The van der Waals surface area contributed by atoms with Crippen LogP contribution in [0.15, 0.2) is 91.0 Å². The van der Waals surface area contributed by atoms with Crippen molar-refractivity contribution in [2.45, 2.75) is 19.3 Å². The number of allylic oxidation sites excluding steroid dienone is 1. The van der Waals surface area contributed by atoms with Crippen molar-refractivity contribution < 1.29 is 9.30 Å². The maximum Gasteiger partial charge on any atom is 0.213 e. The van der Waals surface area contributed by atoms with Crippen LogP contribution in [0.3, 0.4) is 0 Å². The Bertz CT molecular complexity index is 1260. The van der Waals surface area contributed by atoms with Gasteiger partial charge in [-0.2, -0.15) is 4.57 Å². The number of rotatable bonds is 4. The van der Waals surface area contributed by atoms with E-state index >= 15 is 0 Å². The fourth-order valence-corrected chi connectivity index (χ4v) is 4.81. The van der Waals surface area contributed by atoms with E-state index in [4.69, 9.17) is 4.74 Å². The van der Waals surface area contributed by atoms with E-state index in [1.54, 1.807) is 7.11 Å². The summed E-state index contributed by atoms with van der Waals surface area (Å²) >= 11 is 0. The van der Waals surface area contributed by atoms with Gasteiger partial charge in [0, 0.05) is 22.8 Å². The van der Waals surface area contributed by atoms with Gasteiger partial charge < -0.3 is 4.74 Å². The third kappa shape index (κ3) is 3.85. The third-order valence-electron chi connectivity index (χ3n) is 6.38. The SMILES string of the molecule is COc1ccc(/C=C2\CCCc3c(-c4ccccc4)cc(-c4ccccc4)[n+](C)c32)cc1. The van der Waals surface area contributed by atoms with Crippen molar-refractivity contribution in [3.63, 3.8) is 0 Å². The molecule has 0 spiro atoms. The highest BCUT2D eigenvalue weighted by Gasteiger charge is 2.29. The highest BCUT2D eigenvalue weighted by atomic mass is 16.5. The molecule has 0 saturated heterocycles. The van der Waals surface area contributed by atoms with Gasteiger partial charge in [0.2, 0.25) is 11.4 Å². The van der Waals surface area contributed by atoms with Crippen molar-refractivity contribution in [2.75, 3.05) is 7.11 Å². The highest BCUT2D eigenvalue weighted by Crippen LogP contribution is 2.38. The average Bonchev–Trinajstić information content (AvgIpc) is 2.86. The van der Waals surface area contributed by atoms with Crippen molar-refractivity contribution in [2.24, 2.45) is 7.05 Å². The van der Waals surface area contributed by atoms with Crippen LogP contribution in [0.5, 0.6) is 5.75 Å². The first-order valence-electron chi connectivity index (χ1n) is 11.3. The first-order chi connectivity index (χ1) is 15.7. The van der Waals surface area contributed by atoms with Crippen LogP contribution in [0, 0.1) is 0 Å². The number of hydrogen-bond donors (Lipinski definition) is 0. The van der Waals surface area contributed by atoms with E-state index in [-0.39, 0.29) is 0 Å². The van der Waals surface area contributed by atoms with Crippen LogP contribution >= 0.6 is 0 Å². The van der Waals surface area contributed by atoms with Crippen LogP contribution in [0.4, 0.5) is 0 Å². The molecule has 0 amide bonds. The van der Waals surface area contributed by atoms with E-state index in [1.165, 1.54) is 51.2 Å². The van der Waals surface area contributed by atoms with E-state index in [0.717, 1.165) is 18.6 Å². The fraction of sp³-hybridized carbons (Fsp3) is 0.167. The van der Waals surface area contributed by atoms with Gasteiger partial charge in [-0.05, 0) is 66.3 Å². The lowest BCUT2D eigenvalue weighted by Crippen LogP contribution is -2.38. The summed E-state index contributed by atoms with van der Waals surface area (Å²) in [4.78, 5) is 0. The molecule has 0 bridgehead atoms. The van der Waals surface area contributed by atoms with Crippen molar-refractivity contribution in [3.05, 3.63) is 108 Å². The fourth-order valence-electron chi connectivity index (χ4n) is 4.81. The second-order valence-corrected chi connectivity index (χ2v) is 8.36. The van der Waals surface area contributed by atoms with Gasteiger partial charge in [-0.3, -0.25) is 0 Å². The number of nitrogens with zero attached hydrogens (tertiary/aromatic N) is 1. The van der Waals surface area contributed by atoms with Gasteiger partial charge in [0.15, 0.2) is 0 Å². The molecule has 2 heteroatoms. The molecule has 0 unspecified atom stereocenters. The molecule has 0 N–H and O–H groups in total. The Balaban J connectivity index is 1.74. The quantitative estimate of drug-likeness (QED) is 0.335. The number of benzene rings is 3. The van der Waals surface area contributed by atoms with E-state index in [1.807, 2.05) is 12.1 Å². The van der Waals surface area contributed by atoms with Gasteiger partial charge in [0.05, 0.1) is 7.11 Å². The molecule has 1 heterocycles. The highest BCUT2D eigenvalue weighted by molar-refractivity contribution is 5.85. The normalized spacial score (nSPS) is 14.2. The summed E-state index contributed by atoms with van der Waals surface area (Å²) in [5.41, 5.74) is 10.5. The largest absolute Gasteiger partial charge is 0.497 e. The van der Waals surface area contributed by atoms with E-state index in [9.17, 15) is 0 Å². The van der Waals surface area contributed by atoms with Gasteiger partial charge >= 0.3 is 0 Å². The Morgan fingerprint density at radius 2 is 1.44 bits per heavy atom. The zero-order chi connectivity index (χ0) is 21.9. The second kappa shape index (κ2) is 8.84. The Labute approximate surface area is 190 Å². The topological polar surface area (TPSA) is 13.1 Å². The van der Waals surface area contributed by atoms with Gasteiger partial charge in [-0.25, -0.2) is 0 Å². The number of aromatic nitrogens is 1. The minimum Gasteiger partial charge on any atom is -0.497 e. The molecule has 1 aromatic heterocycles. The first-order valence-corrected chi connectivity index (χ1v) is 11.3. The van der Waals surface area contributed by atoms with Gasteiger partial charge in [-0.1, -0.05) is 60.7 Å². The van der Waals surface area contributed by atoms with E-state index in [2.05, 4.69) is 96.6 Å². The summed E-state index contributed by atoms with van der Waals surface area (Å²) in [6.45, 7) is 0. The van der Waals surface area contributed by atoms with Crippen LogP contribution in [0.1, 0.15) is 29.7 Å². The molecule has 158 valence electrons. The number of pyridine rings is 1. The second-order valence-electron chi connectivity index (χ2n) is 8.36. The molecule has 2 nitrogen and oxygen atoms in total. The molecule has 0 aliphatic heterocycles. The zero-order valence-corrected chi connectivity index (χ0v) is 18.7. The van der Waals surface area contributed by atoms with Crippen LogP contribution in [0.2, 0.25) is 0 Å². The minimum absolute atomic E-state index is 0.888. The molecule has 0 fully saturated rings. The lowest BCUT2D eigenvalue weighted by Gasteiger charge is -2.21. The number of fused-ring (bicyclic) bond motifs is 1. The smallest absolute Gasteiger partial charge is 0.213 e. The summed E-state index contributed by atoms with van der Waals surface area (Å²) in [5.74, 6) is 0.888. The molecule has 1 aliphatic carbocycles. The summed E-state index contributed by atoms with van der Waals surface area (Å²) in [6, 6.07) is 32.2. The number of hydrogen-bond acceptors (Lipinski definition) is 1. The Hall–Kier alpha value is -3.65. The molecular formula is C30H28NO+. The standard InChI is InChI=1S/C30H28NO/c1-31-29(24-12-7-4-8-13-24)21-28(23-10-5-3-6-11-23)27-15-9-14-25(30(27)31)20-22-16-18-26(32-2)19-17-22/h3-8,10-13,16-21H,9,14-15H2,1-2H3/q+1/b25-20+. The number of methoxy groups -OCH3 is 1. The summed E-state index contributed by atoms with van der Waals surface area (Å²) in [5, 5.41) is 0. The molecule has 1 aliphatic rings. The molecule has 0 saturated carbocycles. The maximum absolute atomic E-state index is 5.34. The Morgan fingerprint density at radius 1 is 0.781 bits per heavy atom. The Morgan fingerprint density at radius 3 is 2.09 bits per heavy atom. The lowest BCUT2D eigenvalue weighted by atomic mass is 9.84. The average molecular weight is 419 g/mol. The van der Waals surface area contributed by atoms with Gasteiger partial charge in [0.1, 0.15) is 12.8 Å². The molecular weight excluding hydrogens is 390 g/mol. The monoisotopic (exact) mass is 418 g/mol.